The maximum absolute atomic E-state index is 12.6. The molecule has 6 heteroatoms. The van der Waals surface area contributed by atoms with Crippen LogP contribution in [-0.2, 0) is 7.05 Å². The summed E-state index contributed by atoms with van der Waals surface area (Å²) in [4.78, 5) is 31.6. The number of rotatable bonds is 2. The maximum atomic E-state index is 12.6. The lowest BCUT2D eigenvalue weighted by Crippen LogP contribution is -2.39. The number of hydrogen-bond donors (Lipinski definition) is 0. The van der Waals surface area contributed by atoms with E-state index in [0.29, 0.717) is 18.0 Å². The van der Waals surface area contributed by atoms with Crippen LogP contribution in [0.25, 0.3) is 0 Å². The van der Waals surface area contributed by atoms with Crippen molar-refractivity contribution in [2.75, 3.05) is 13.1 Å². The van der Waals surface area contributed by atoms with Gasteiger partial charge in [-0.1, -0.05) is 0 Å². The summed E-state index contributed by atoms with van der Waals surface area (Å²) in [7, 11) is 1.66. The summed E-state index contributed by atoms with van der Waals surface area (Å²) in [5, 5.41) is 1.12. The molecule has 0 N–H and O–H groups in total. The van der Waals surface area contributed by atoms with Gasteiger partial charge < -0.3 is 9.47 Å². The first-order valence-corrected chi connectivity index (χ1v) is 8.24. The summed E-state index contributed by atoms with van der Waals surface area (Å²) in [5.74, 6) is 0.317. The van der Waals surface area contributed by atoms with Gasteiger partial charge >= 0.3 is 0 Å². The van der Waals surface area contributed by atoms with E-state index in [1.54, 1.807) is 30.6 Å². The second-order valence-electron chi connectivity index (χ2n) is 5.77. The Labute approximate surface area is 133 Å². The Bertz CT molecular complexity index is 750. The summed E-state index contributed by atoms with van der Waals surface area (Å²) < 4.78 is 1.44. The van der Waals surface area contributed by atoms with Crippen molar-refractivity contribution in [2.45, 2.75) is 25.7 Å². The van der Waals surface area contributed by atoms with Crippen molar-refractivity contribution in [1.29, 1.82) is 0 Å². The average molecular weight is 317 g/mol. The largest absolute Gasteiger partial charge is 0.338 e. The number of carbonyl (C=O) groups excluding carboxylic acids is 1. The van der Waals surface area contributed by atoms with E-state index in [4.69, 9.17) is 0 Å². The highest BCUT2D eigenvalue weighted by Gasteiger charge is 2.27. The van der Waals surface area contributed by atoms with E-state index >= 15 is 0 Å². The van der Waals surface area contributed by atoms with Gasteiger partial charge in [0.2, 0.25) is 5.56 Å². The van der Waals surface area contributed by atoms with E-state index in [-0.39, 0.29) is 11.5 Å². The van der Waals surface area contributed by atoms with Crippen LogP contribution < -0.4 is 5.56 Å². The molecule has 0 aliphatic carbocycles. The number of hydrogen-bond acceptors (Lipinski definition) is 4. The number of pyridine rings is 1. The van der Waals surface area contributed by atoms with Crippen LogP contribution >= 0.6 is 11.3 Å². The lowest BCUT2D eigenvalue weighted by molar-refractivity contribution is 0.0706. The first-order chi connectivity index (χ1) is 10.5. The fourth-order valence-corrected chi connectivity index (χ4v) is 3.73. The van der Waals surface area contributed by atoms with Crippen LogP contribution in [0.2, 0.25) is 0 Å². The molecule has 116 valence electrons. The van der Waals surface area contributed by atoms with Gasteiger partial charge in [0, 0.05) is 49.4 Å². The third-order valence-electron chi connectivity index (χ3n) is 4.03. The van der Waals surface area contributed by atoms with E-state index in [0.717, 1.165) is 24.4 Å². The van der Waals surface area contributed by atoms with Crippen LogP contribution in [0.1, 0.15) is 39.0 Å². The lowest BCUT2D eigenvalue weighted by atomic mass is 9.98. The molecule has 22 heavy (non-hydrogen) atoms. The van der Waals surface area contributed by atoms with Crippen molar-refractivity contribution in [3.8, 4) is 0 Å². The number of piperidine rings is 1. The van der Waals surface area contributed by atoms with Crippen LogP contribution in [0.5, 0.6) is 0 Å². The second kappa shape index (κ2) is 6.04. The number of aromatic nitrogens is 2. The molecule has 5 nitrogen and oxygen atoms in total. The first-order valence-electron chi connectivity index (χ1n) is 7.43. The number of aryl methyl sites for hydroxylation is 2. The summed E-state index contributed by atoms with van der Waals surface area (Å²) >= 11 is 1.71. The summed E-state index contributed by atoms with van der Waals surface area (Å²) in [6, 6.07) is 3.06. The molecule has 1 aliphatic heterocycles. The Morgan fingerprint density at radius 3 is 2.91 bits per heavy atom. The van der Waals surface area contributed by atoms with E-state index < -0.39 is 0 Å². The van der Waals surface area contributed by atoms with Crippen LogP contribution in [0.4, 0.5) is 0 Å². The smallest absolute Gasteiger partial charge is 0.255 e. The summed E-state index contributed by atoms with van der Waals surface area (Å²) in [6.45, 7) is 3.52. The van der Waals surface area contributed by atoms with Crippen molar-refractivity contribution in [1.82, 2.24) is 14.5 Å². The van der Waals surface area contributed by atoms with Crippen molar-refractivity contribution in [2.24, 2.45) is 7.05 Å². The van der Waals surface area contributed by atoms with Gasteiger partial charge in [0.15, 0.2) is 0 Å². The normalized spacial score (nSPS) is 18.5. The van der Waals surface area contributed by atoms with Crippen LogP contribution in [-0.4, -0.2) is 33.4 Å². The average Bonchev–Trinajstić information content (AvgIpc) is 2.96. The second-order valence-corrected chi connectivity index (χ2v) is 7.03. The Morgan fingerprint density at radius 1 is 1.41 bits per heavy atom. The molecule has 1 saturated heterocycles. The molecule has 1 amide bonds. The molecular formula is C16H19N3O2S. The minimum atomic E-state index is -0.105. The van der Waals surface area contributed by atoms with E-state index in [1.165, 1.54) is 15.5 Å². The maximum Gasteiger partial charge on any atom is 0.255 e. The van der Waals surface area contributed by atoms with Crippen molar-refractivity contribution in [3.63, 3.8) is 0 Å². The van der Waals surface area contributed by atoms with Gasteiger partial charge in [-0.2, -0.15) is 0 Å². The Hall–Kier alpha value is -1.95. The fourth-order valence-electron chi connectivity index (χ4n) is 2.83. The molecule has 1 atom stereocenters. The third-order valence-corrected chi connectivity index (χ3v) is 5.11. The lowest BCUT2D eigenvalue weighted by Gasteiger charge is -2.32. The first kappa shape index (κ1) is 15.0. The Kier molecular flexibility index (Phi) is 4.11. The molecule has 1 fully saturated rings. The number of thiazole rings is 1. The molecule has 0 unspecified atom stereocenters. The highest BCUT2D eigenvalue weighted by Crippen LogP contribution is 2.30. The molecule has 3 heterocycles. The SMILES string of the molecule is Cc1cnc([C@H]2CCCN(C(=O)c3ccc(=O)n(C)c3)C2)s1. The van der Waals surface area contributed by atoms with Crippen LogP contribution in [0.3, 0.4) is 0 Å². The highest BCUT2D eigenvalue weighted by molar-refractivity contribution is 7.11. The third kappa shape index (κ3) is 2.97. The van der Waals surface area contributed by atoms with Gasteiger partial charge in [0.05, 0.1) is 10.6 Å². The van der Waals surface area contributed by atoms with Gasteiger partial charge in [0.25, 0.3) is 5.91 Å². The predicted octanol–water partition coefficient (Wildman–Crippen LogP) is 2.17. The minimum Gasteiger partial charge on any atom is -0.338 e. The predicted molar refractivity (Wildman–Crippen MR) is 86.4 cm³/mol. The monoisotopic (exact) mass is 317 g/mol. The Balaban J connectivity index is 1.77. The minimum absolute atomic E-state index is 0.00595. The molecule has 0 aromatic carbocycles. The molecule has 0 spiro atoms. The van der Waals surface area contributed by atoms with Crippen molar-refractivity contribution >= 4 is 17.2 Å². The zero-order chi connectivity index (χ0) is 15.7. The quantitative estimate of drug-likeness (QED) is 0.853. The number of amides is 1. The zero-order valence-corrected chi connectivity index (χ0v) is 13.6. The molecule has 0 radical (unpaired) electrons. The van der Waals surface area contributed by atoms with Gasteiger partial charge in [0.1, 0.15) is 0 Å². The van der Waals surface area contributed by atoms with E-state index in [9.17, 15) is 9.59 Å². The van der Waals surface area contributed by atoms with Crippen molar-refractivity contribution < 1.29 is 4.79 Å². The fraction of sp³-hybridized carbons (Fsp3) is 0.438. The number of carbonyl (C=O) groups is 1. The Morgan fingerprint density at radius 2 is 2.23 bits per heavy atom. The van der Waals surface area contributed by atoms with Gasteiger partial charge in [-0.3, -0.25) is 9.59 Å². The standard InChI is InChI=1S/C16H19N3O2S/c1-11-8-17-15(22-11)12-4-3-7-19(10-12)16(21)13-5-6-14(20)18(2)9-13/h5-6,8-9,12H,3-4,7,10H2,1-2H3/t12-/m0/s1. The molecular weight excluding hydrogens is 298 g/mol. The number of likely N-dealkylation sites (tertiary alicyclic amines) is 1. The molecule has 3 rings (SSSR count). The van der Waals surface area contributed by atoms with E-state index in [1.807, 2.05) is 11.1 Å². The summed E-state index contributed by atoms with van der Waals surface area (Å²) in [6.07, 6.45) is 5.57. The van der Waals surface area contributed by atoms with Gasteiger partial charge in [-0.05, 0) is 25.8 Å². The zero-order valence-electron chi connectivity index (χ0n) is 12.8. The highest BCUT2D eigenvalue weighted by atomic mass is 32.1. The molecule has 2 aromatic rings. The van der Waals surface area contributed by atoms with Gasteiger partial charge in [-0.25, -0.2) is 4.98 Å². The molecule has 0 saturated carbocycles. The number of nitrogens with zero attached hydrogens (tertiary/aromatic N) is 3. The van der Waals surface area contributed by atoms with Crippen LogP contribution in [0.15, 0.2) is 29.3 Å². The van der Waals surface area contributed by atoms with Crippen molar-refractivity contribution in [3.05, 3.63) is 50.3 Å². The van der Waals surface area contributed by atoms with E-state index in [2.05, 4.69) is 11.9 Å². The topological polar surface area (TPSA) is 55.2 Å². The van der Waals surface area contributed by atoms with Gasteiger partial charge in [-0.15, -0.1) is 11.3 Å². The molecule has 2 aromatic heterocycles. The van der Waals surface area contributed by atoms with Crippen LogP contribution in [0, 0.1) is 6.92 Å². The molecule has 0 bridgehead atoms. The molecule has 1 aliphatic rings. The summed E-state index contributed by atoms with van der Waals surface area (Å²) in [5.41, 5.74) is 0.462.